The Balaban J connectivity index is 2.21. The van der Waals surface area contributed by atoms with Crippen molar-refractivity contribution < 1.29 is 5.11 Å². The third kappa shape index (κ3) is 3.26. The van der Waals surface area contributed by atoms with Gasteiger partial charge in [-0.15, -0.1) is 11.3 Å². The Hall–Kier alpha value is -0.460. The highest BCUT2D eigenvalue weighted by atomic mass is 127. The average Bonchev–Trinajstić information content (AvgIpc) is 2.63. The Labute approximate surface area is 119 Å². The molecule has 0 saturated heterocycles. The third-order valence-corrected chi connectivity index (χ3v) is 4.31. The molecule has 1 N–H and O–H groups in total. The van der Waals surface area contributed by atoms with Gasteiger partial charge in [-0.2, -0.15) is 0 Å². The van der Waals surface area contributed by atoms with Gasteiger partial charge in [0.15, 0.2) is 0 Å². The van der Waals surface area contributed by atoms with Crippen LogP contribution in [-0.2, 0) is 12.0 Å². The standard InChI is InChI=1S/C13H14INOS/c1-9-8-17-12(15-9)7-13(2,16)10-3-5-11(14)6-4-10/h3-6,8,16H,7H2,1-2H3. The van der Waals surface area contributed by atoms with E-state index in [9.17, 15) is 5.11 Å². The molecule has 0 amide bonds. The topological polar surface area (TPSA) is 33.1 Å². The molecule has 0 saturated carbocycles. The summed E-state index contributed by atoms with van der Waals surface area (Å²) in [5, 5.41) is 13.5. The van der Waals surface area contributed by atoms with Crippen molar-refractivity contribution in [3.05, 3.63) is 49.5 Å². The molecule has 90 valence electrons. The molecular weight excluding hydrogens is 345 g/mol. The van der Waals surface area contributed by atoms with Crippen molar-refractivity contribution in [2.45, 2.75) is 25.9 Å². The fourth-order valence-corrected chi connectivity index (χ4v) is 2.97. The Bertz CT molecular complexity index is 504. The van der Waals surface area contributed by atoms with E-state index in [1.807, 2.05) is 43.5 Å². The molecule has 2 aromatic rings. The molecule has 0 radical (unpaired) electrons. The van der Waals surface area contributed by atoms with Gasteiger partial charge in [-0.05, 0) is 54.1 Å². The van der Waals surface area contributed by atoms with Crippen LogP contribution in [0.2, 0.25) is 0 Å². The van der Waals surface area contributed by atoms with Crippen molar-refractivity contribution in [1.82, 2.24) is 4.98 Å². The van der Waals surface area contributed by atoms with Gasteiger partial charge in [0.1, 0.15) is 0 Å². The molecule has 17 heavy (non-hydrogen) atoms. The van der Waals surface area contributed by atoms with Gasteiger partial charge in [0.25, 0.3) is 0 Å². The molecule has 2 rings (SSSR count). The predicted octanol–water partition coefficient (Wildman–Crippen LogP) is 3.51. The summed E-state index contributed by atoms with van der Waals surface area (Å²) in [4.78, 5) is 4.40. The highest BCUT2D eigenvalue weighted by Crippen LogP contribution is 2.27. The molecule has 0 aliphatic rings. The number of nitrogens with zero attached hydrogens (tertiary/aromatic N) is 1. The molecule has 1 atom stereocenters. The number of aromatic nitrogens is 1. The van der Waals surface area contributed by atoms with Crippen molar-refractivity contribution in [3.63, 3.8) is 0 Å². The minimum Gasteiger partial charge on any atom is -0.385 e. The Kier molecular flexibility index (Phi) is 3.85. The van der Waals surface area contributed by atoms with E-state index >= 15 is 0 Å². The maximum Gasteiger partial charge on any atom is 0.0960 e. The van der Waals surface area contributed by atoms with Crippen molar-refractivity contribution in [2.75, 3.05) is 0 Å². The minimum absolute atomic E-state index is 0.562. The van der Waals surface area contributed by atoms with Crippen molar-refractivity contribution in [1.29, 1.82) is 0 Å². The zero-order valence-corrected chi connectivity index (χ0v) is 12.7. The summed E-state index contributed by atoms with van der Waals surface area (Å²) in [6.45, 7) is 3.81. The van der Waals surface area contributed by atoms with Gasteiger partial charge >= 0.3 is 0 Å². The van der Waals surface area contributed by atoms with Crippen LogP contribution in [0.4, 0.5) is 0 Å². The zero-order chi connectivity index (χ0) is 12.5. The minimum atomic E-state index is -0.853. The predicted molar refractivity (Wildman–Crippen MR) is 79.3 cm³/mol. The lowest BCUT2D eigenvalue weighted by Crippen LogP contribution is -2.24. The number of hydrogen-bond donors (Lipinski definition) is 1. The fourth-order valence-electron chi connectivity index (χ4n) is 1.69. The van der Waals surface area contributed by atoms with E-state index in [0.717, 1.165) is 16.3 Å². The van der Waals surface area contributed by atoms with Crippen molar-refractivity contribution >= 4 is 33.9 Å². The van der Waals surface area contributed by atoms with Gasteiger partial charge in [-0.3, -0.25) is 0 Å². The molecule has 4 heteroatoms. The number of benzene rings is 1. The monoisotopic (exact) mass is 359 g/mol. The summed E-state index contributed by atoms with van der Waals surface area (Å²) in [7, 11) is 0. The molecule has 0 aliphatic carbocycles. The third-order valence-electron chi connectivity index (χ3n) is 2.63. The summed E-state index contributed by atoms with van der Waals surface area (Å²) in [6.07, 6.45) is 0.562. The SMILES string of the molecule is Cc1csc(CC(C)(O)c2ccc(I)cc2)n1. The number of hydrogen-bond acceptors (Lipinski definition) is 3. The number of aliphatic hydroxyl groups is 1. The van der Waals surface area contributed by atoms with E-state index in [-0.39, 0.29) is 0 Å². The Morgan fingerprint density at radius 2 is 2.00 bits per heavy atom. The van der Waals surface area contributed by atoms with Crippen LogP contribution >= 0.6 is 33.9 Å². The first-order valence-electron chi connectivity index (χ1n) is 5.37. The van der Waals surface area contributed by atoms with E-state index in [1.165, 1.54) is 3.57 Å². The molecule has 0 fully saturated rings. The smallest absolute Gasteiger partial charge is 0.0960 e. The van der Waals surface area contributed by atoms with Crippen molar-refractivity contribution in [2.24, 2.45) is 0 Å². The Morgan fingerprint density at radius 1 is 1.35 bits per heavy atom. The molecule has 0 spiro atoms. The van der Waals surface area contributed by atoms with Crippen LogP contribution in [0.5, 0.6) is 0 Å². The van der Waals surface area contributed by atoms with Gasteiger partial charge in [-0.25, -0.2) is 4.98 Å². The van der Waals surface area contributed by atoms with E-state index in [0.29, 0.717) is 6.42 Å². The molecule has 0 aliphatic heterocycles. The normalized spacial score (nSPS) is 14.6. The van der Waals surface area contributed by atoms with E-state index in [2.05, 4.69) is 27.6 Å². The number of thiazole rings is 1. The average molecular weight is 359 g/mol. The first kappa shape index (κ1) is 13.0. The summed E-state index contributed by atoms with van der Waals surface area (Å²) >= 11 is 3.86. The second-order valence-electron chi connectivity index (χ2n) is 4.34. The molecule has 1 unspecified atom stereocenters. The van der Waals surface area contributed by atoms with Crippen LogP contribution in [0, 0.1) is 10.5 Å². The van der Waals surface area contributed by atoms with Gasteiger partial charge in [0, 0.05) is 21.1 Å². The fraction of sp³-hybridized carbons (Fsp3) is 0.308. The zero-order valence-electron chi connectivity index (χ0n) is 9.77. The maximum absolute atomic E-state index is 10.5. The van der Waals surface area contributed by atoms with Gasteiger partial charge in [0.2, 0.25) is 0 Å². The second kappa shape index (κ2) is 5.04. The Morgan fingerprint density at radius 3 is 2.53 bits per heavy atom. The summed E-state index contributed by atoms with van der Waals surface area (Å²) in [6, 6.07) is 7.97. The summed E-state index contributed by atoms with van der Waals surface area (Å²) < 4.78 is 1.17. The van der Waals surface area contributed by atoms with Crippen LogP contribution < -0.4 is 0 Å². The van der Waals surface area contributed by atoms with Crippen LogP contribution in [-0.4, -0.2) is 10.1 Å². The van der Waals surface area contributed by atoms with Crippen molar-refractivity contribution in [3.8, 4) is 0 Å². The molecule has 1 heterocycles. The molecule has 1 aromatic heterocycles. The highest BCUT2D eigenvalue weighted by molar-refractivity contribution is 14.1. The lowest BCUT2D eigenvalue weighted by Gasteiger charge is -2.22. The van der Waals surface area contributed by atoms with Gasteiger partial charge < -0.3 is 5.11 Å². The number of aryl methyl sites for hydroxylation is 1. The first-order valence-corrected chi connectivity index (χ1v) is 7.33. The molecule has 0 bridgehead atoms. The number of halogens is 1. The highest BCUT2D eigenvalue weighted by Gasteiger charge is 2.24. The number of rotatable bonds is 3. The van der Waals surface area contributed by atoms with Gasteiger partial charge in [-0.1, -0.05) is 12.1 Å². The van der Waals surface area contributed by atoms with E-state index < -0.39 is 5.60 Å². The quantitative estimate of drug-likeness (QED) is 0.851. The van der Waals surface area contributed by atoms with E-state index in [1.54, 1.807) is 11.3 Å². The van der Waals surface area contributed by atoms with Gasteiger partial charge in [0.05, 0.1) is 10.6 Å². The molecule has 1 aromatic carbocycles. The first-order chi connectivity index (χ1) is 7.97. The van der Waals surface area contributed by atoms with Crippen LogP contribution in [0.3, 0.4) is 0 Å². The largest absolute Gasteiger partial charge is 0.385 e. The van der Waals surface area contributed by atoms with E-state index in [4.69, 9.17) is 0 Å². The van der Waals surface area contributed by atoms with Crippen LogP contribution in [0.1, 0.15) is 23.2 Å². The second-order valence-corrected chi connectivity index (χ2v) is 6.53. The van der Waals surface area contributed by atoms with Crippen LogP contribution in [0.15, 0.2) is 29.6 Å². The lowest BCUT2D eigenvalue weighted by molar-refractivity contribution is 0.0575. The van der Waals surface area contributed by atoms with Crippen LogP contribution in [0.25, 0.3) is 0 Å². The summed E-state index contributed by atoms with van der Waals surface area (Å²) in [5.74, 6) is 0. The lowest BCUT2D eigenvalue weighted by atomic mass is 9.93. The summed E-state index contributed by atoms with van der Waals surface area (Å²) in [5.41, 5.74) is 1.10. The molecule has 2 nitrogen and oxygen atoms in total. The molecular formula is C13H14INOS. The maximum atomic E-state index is 10.5.